The molecular formula is C17H29NO4S2. The lowest BCUT2D eigenvalue weighted by molar-refractivity contribution is 0.298. The van der Waals surface area contributed by atoms with Crippen LogP contribution in [0, 0.1) is 6.92 Å². The number of rotatable bonds is 10. The second-order valence-electron chi connectivity index (χ2n) is 6.80. The molecule has 1 aromatic rings. The molecule has 2 N–H and O–H groups in total. The van der Waals surface area contributed by atoms with Crippen LogP contribution in [-0.4, -0.2) is 38.4 Å². The summed E-state index contributed by atoms with van der Waals surface area (Å²) in [4.78, 5) is 0. The van der Waals surface area contributed by atoms with Crippen LogP contribution in [0.3, 0.4) is 0 Å². The molecular weight excluding hydrogens is 346 g/mol. The van der Waals surface area contributed by atoms with Crippen molar-refractivity contribution in [3.63, 3.8) is 0 Å². The maximum atomic E-state index is 10.5. The summed E-state index contributed by atoms with van der Waals surface area (Å²) in [5.74, 6) is 1.29. The fourth-order valence-electron chi connectivity index (χ4n) is 2.23. The Morgan fingerprint density at radius 2 is 1.92 bits per heavy atom. The van der Waals surface area contributed by atoms with Crippen LogP contribution in [0.25, 0.3) is 0 Å². The molecule has 1 aromatic carbocycles. The number of hydrogen-bond acceptors (Lipinski definition) is 5. The lowest BCUT2D eigenvalue weighted by atomic mass is 9.85. The van der Waals surface area contributed by atoms with E-state index >= 15 is 0 Å². The van der Waals surface area contributed by atoms with Gasteiger partial charge in [-0.1, -0.05) is 38.5 Å². The highest BCUT2D eigenvalue weighted by molar-refractivity contribution is 8.69. The van der Waals surface area contributed by atoms with Gasteiger partial charge in [0.15, 0.2) is 0 Å². The molecule has 0 unspecified atom stereocenters. The number of aryl methyl sites for hydroxylation is 1. The molecule has 0 aliphatic carbocycles. The molecule has 0 bridgehead atoms. The lowest BCUT2D eigenvalue weighted by Gasteiger charge is -2.23. The van der Waals surface area contributed by atoms with Gasteiger partial charge in [-0.15, -0.1) is 0 Å². The van der Waals surface area contributed by atoms with Crippen LogP contribution < -0.4 is 10.1 Å². The Labute approximate surface area is 149 Å². The molecule has 5 nitrogen and oxygen atoms in total. The standard InChI is InChI=1S/C17H29NO4S2/c1-14-7-8-16(15(13-14)17(2,3)4)22-11-6-5-9-18-10-12-23-24(19,20)21/h7-8,13,18H,5-6,9-12H2,1-4H3,(H,19,20,21). The Morgan fingerprint density at radius 1 is 1.21 bits per heavy atom. The van der Waals surface area contributed by atoms with Gasteiger partial charge in [0.05, 0.1) is 6.61 Å². The van der Waals surface area contributed by atoms with Crippen molar-refractivity contribution in [2.24, 2.45) is 0 Å². The minimum absolute atomic E-state index is 0.0492. The first-order valence-corrected chi connectivity index (χ1v) is 11.1. The Bertz CT molecular complexity index is 610. The van der Waals surface area contributed by atoms with Gasteiger partial charge in [0, 0.05) is 12.3 Å². The lowest BCUT2D eigenvalue weighted by Crippen LogP contribution is -2.19. The summed E-state index contributed by atoms with van der Waals surface area (Å²) in [6, 6.07) is 6.30. The third-order valence-corrected chi connectivity index (χ3v) is 5.52. The predicted molar refractivity (Wildman–Crippen MR) is 101 cm³/mol. The van der Waals surface area contributed by atoms with Gasteiger partial charge >= 0.3 is 9.15 Å². The van der Waals surface area contributed by atoms with E-state index in [1.807, 2.05) is 6.07 Å². The van der Waals surface area contributed by atoms with Crippen molar-refractivity contribution in [2.45, 2.75) is 46.0 Å². The molecule has 0 atom stereocenters. The Kier molecular flexibility index (Phi) is 8.56. The van der Waals surface area contributed by atoms with E-state index in [2.05, 4.69) is 45.1 Å². The minimum Gasteiger partial charge on any atom is -0.493 e. The monoisotopic (exact) mass is 375 g/mol. The van der Waals surface area contributed by atoms with Crippen LogP contribution >= 0.6 is 10.8 Å². The highest BCUT2D eigenvalue weighted by atomic mass is 33.1. The van der Waals surface area contributed by atoms with Crippen molar-refractivity contribution in [2.75, 3.05) is 25.4 Å². The summed E-state index contributed by atoms with van der Waals surface area (Å²) in [5.41, 5.74) is 2.51. The van der Waals surface area contributed by atoms with Gasteiger partial charge in [-0.3, -0.25) is 4.55 Å². The quantitative estimate of drug-likeness (QED) is 0.370. The summed E-state index contributed by atoms with van der Waals surface area (Å²) < 4.78 is 35.6. The van der Waals surface area contributed by atoms with E-state index in [1.165, 1.54) is 11.1 Å². The molecule has 0 aliphatic heterocycles. The zero-order valence-electron chi connectivity index (χ0n) is 15.0. The number of nitrogens with one attached hydrogen (secondary N) is 1. The molecule has 0 aromatic heterocycles. The van der Waals surface area contributed by atoms with Crippen molar-refractivity contribution in [3.8, 4) is 5.75 Å². The van der Waals surface area contributed by atoms with Gasteiger partial charge in [0.1, 0.15) is 5.75 Å². The summed E-state index contributed by atoms with van der Waals surface area (Å²) in [6.45, 7) is 10.7. The summed E-state index contributed by atoms with van der Waals surface area (Å²) in [6.07, 6.45) is 1.88. The SMILES string of the molecule is Cc1ccc(OCCCCNCCSS(=O)(=O)O)c(C(C)(C)C)c1. The van der Waals surface area contributed by atoms with Crippen LogP contribution in [0.1, 0.15) is 44.7 Å². The fraction of sp³-hybridized carbons (Fsp3) is 0.647. The van der Waals surface area contributed by atoms with Crippen LogP contribution in [0.4, 0.5) is 0 Å². The number of benzene rings is 1. The molecule has 0 heterocycles. The van der Waals surface area contributed by atoms with Gasteiger partial charge in [-0.2, -0.15) is 8.42 Å². The van der Waals surface area contributed by atoms with Crippen LogP contribution in [0.15, 0.2) is 18.2 Å². The normalized spacial score (nSPS) is 12.4. The fourth-order valence-corrected chi connectivity index (χ4v) is 3.55. The summed E-state index contributed by atoms with van der Waals surface area (Å²) in [5, 5.41) is 3.15. The van der Waals surface area contributed by atoms with Gasteiger partial charge in [0.2, 0.25) is 0 Å². The van der Waals surface area contributed by atoms with Crippen LogP contribution in [-0.2, 0) is 14.6 Å². The molecule has 138 valence electrons. The first kappa shape index (κ1) is 21.3. The molecule has 0 fully saturated rings. The van der Waals surface area contributed by atoms with E-state index in [0.717, 1.165) is 25.1 Å². The minimum atomic E-state index is -3.92. The van der Waals surface area contributed by atoms with Gasteiger partial charge in [0.25, 0.3) is 0 Å². The van der Waals surface area contributed by atoms with Crippen molar-refractivity contribution in [1.29, 1.82) is 0 Å². The van der Waals surface area contributed by atoms with E-state index in [9.17, 15) is 8.42 Å². The third-order valence-electron chi connectivity index (χ3n) is 3.46. The molecule has 0 radical (unpaired) electrons. The highest BCUT2D eigenvalue weighted by Crippen LogP contribution is 2.32. The molecule has 7 heteroatoms. The molecule has 1 rings (SSSR count). The number of ether oxygens (including phenoxy) is 1. The Balaban J connectivity index is 2.24. The Morgan fingerprint density at radius 3 is 2.54 bits per heavy atom. The zero-order valence-corrected chi connectivity index (χ0v) is 16.6. The summed E-state index contributed by atoms with van der Waals surface area (Å²) in [7, 11) is -3.37. The van der Waals surface area contributed by atoms with Crippen molar-refractivity contribution >= 4 is 19.9 Å². The van der Waals surface area contributed by atoms with Gasteiger partial charge in [-0.25, -0.2) is 0 Å². The average molecular weight is 376 g/mol. The van der Waals surface area contributed by atoms with Crippen molar-refractivity contribution in [3.05, 3.63) is 29.3 Å². The summed E-state index contributed by atoms with van der Waals surface area (Å²) >= 11 is 0. The second-order valence-corrected chi connectivity index (χ2v) is 10.3. The van der Waals surface area contributed by atoms with Gasteiger partial charge < -0.3 is 10.1 Å². The van der Waals surface area contributed by atoms with E-state index in [0.29, 0.717) is 29.7 Å². The number of hydrogen-bond donors (Lipinski definition) is 2. The maximum absolute atomic E-state index is 10.5. The smallest absolute Gasteiger partial charge is 0.319 e. The zero-order chi connectivity index (χ0) is 18.2. The van der Waals surface area contributed by atoms with Crippen LogP contribution in [0.5, 0.6) is 5.75 Å². The molecule has 0 amide bonds. The topological polar surface area (TPSA) is 75.6 Å². The third kappa shape index (κ3) is 8.92. The number of unbranched alkanes of at least 4 members (excludes halogenated alkanes) is 1. The first-order valence-electron chi connectivity index (χ1n) is 8.16. The first-order chi connectivity index (χ1) is 11.1. The molecule has 0 saturated heterocycles. The van der Waals surface area contributed by atoms with E-state index < -0.39 is 9.15 Å². The van der Waals surface area contributed by atoms with Crippen molar-refractivity contribution in [1.82, 2.24) is 5.32 Å². The Hall–Kier alpha value is -0.760. The largest absolute Gasteiger partial charge is 0.493 e. The molecule has 0 saturated carbocycles. The maximum Gasteiger partial charge on any atom is 0.319 e. The highest BCUT2D eigenvalue weighted by Gasteiger charge is 2.19. The van der Waals surface area contributed by atoms with E-state index in [1.54, 1.807) is 0 Å². The van der Waals surface area contributed by atoms with Crippen molar-refractivity contribution < 1.29 is 17.7 Å². The average Bonchev–Trinajstić information content (AvgIpc) is 2.44. The molecule has 0 aliphatic rings. The van der Waals surface area contributed by atoms with E-state index in [-0.39, 0.29) is 5.41 Å². The second kappa shape index (κ2) is 9.65. The van der Waals surface area contributed by atoms with E-state index in [4.69, 9.17) is 9.29 Å². The van der Waals surface area contributed by atoms with Crippen LogP contribution in [0.2, 0.25) is 0 Å². The van der Waals surface area contributed by atoms with Gasteiger partial charge in [-0.05, 0) is 54.1 Å². The molecule has 0 spiro atoms. The molecule has 24 heavy (non-hydrogen) atoms. The predicted octanol–water partition coefficient (Wildman–Crippen LogP) is 3.58.